The summed E-state index contributed by atoms with van der Waals surface area (Å²) in [4.78, 5) is 20.3. The van der Waals surface area contributed by atoms with Crippen molar-refractivity contribution in [1.29, 1.82) is 0 Å². The van der Waals surface area contributed by atoms with Crippen molar-refractivity contribution in [1.82, 2.24) is 14.8 Å². The minimum atomic E-state index is -0.371. The van der Waals surface area contributed by atoms with Crippen LogP contribution in [0.4, 0.5) is 4.39 Å². The number of ether oxygens (including phenoxy) is 1. The molecule has 0 N–H and O–H groups in total. The molecule has 1 aromatic heterocycles. The molecular weight excluding hydrogens is 321 g/mol. The molecule has 0 atom stereocenters. The van der Waals surface area contributed by atoms with E-state index in [-0.39, 0.29) is 11.8 Å². The Kier molecular flexibility index (Phi) is 5.73. The van der Waals surface area contributed by atoms with Gasteiger partial charge in [0.05, 0.1) is 12.7 Å². The van der Waals surface area contributed by atoms with E-state index in [1.807, 2.05) is 18.2 Å². The van der Waals surface area contributed by atoms with E-state index in [4.69, 9.17) is 4.74 Å². The first-order chi connectivity index (χ1) is 12.2. The Labute approximate surface area is 147 Å². The van der Waals surface area contributed by atoms with Crippen LogP contribution in [-0.4, -0.2) is 54.0 Å². The number of carbonyl (C=O) groups excluding carboxylic acids is 1. The Hall–Kier alpha value is -2.31. The lowest BCUT2D eigenvalue weighted by Crippen LogP contribution is -2.45. The summed E-state index contributed by atoms with van der Waals surface area (Å²) in [6.07, 6.45) is 3.29. The Balaban J connectivity index is 1.53. The Bertz CT molecular complexity index is 730. The third kappa shape index (κ3) is 4.61. The van der Waals surface area contributed by atoms with Gasteiger partial charge in [-0.15, -0.1) is 0 Å². The van der Waals surface area contributed by atoms with Crippen molar-refractivity contribution in [2.24, 2.45) is 0 Å². The van der Waals surface area contributed by atoms with Crippen LogP contribution in [0.1, 0.15) is 21.5 Å². The summed E-state index contributed by atoms with van der Waals surface area (Å²) in [5.74, 6) is -0.514. The highest BCUT2D eigenvalue weighted by molar-refractivity contribution is 5.89. The van der Waals surface area contributed by atoms with Gasteiger partial charge < -0.3 is 4.74 Å². The molecule has 2 aromatic rings. The van der Waals surface area contributed by atoms with E-state index in [1.54, 1.807) is 12.3 Å². The van der Waals surface area contributed by atoms with Crippen molar-refractivity contribution < 1.29 is 13.9 Å². The predicted octanol–water partition coefficient (Wildman–Crippen LogP) is 2.33. The van der Waals surface area contributed by atoms with E-state index in [2.05, 4.69) is 14.8 Å². The minimum absolute atomic E-state index is 0.143. The molecule has 2 heterocycles. The van der Waals surface area contributed by atoms with Gasteiger partial charge in [-0.2, -0.15) is 0 Å². The van der Waals surface area contributed by atoms with E-state index < -0.39 is 0 Å². The topological polar surface area (TPSA) is 45.7 Å². The highest BCUT2D eigenvalue weighted by Gasteiger charge is 2.18. The molecule has 0 spiro atoms. The summed E-state index contributed by atoms with van der Waals surface area (Å²) in [6.45, 7) is 4.95. The van der Waals surface area contributed by atoms with Crippen LogP contribution in [0.15, 0.2) is 42.7 Å². The molecule has 0 unspecified atom stereocenters. The number of piperazine rings is 1. The first-order valence-corrected chi connectivity index (χ1v) is 8.36. The van der Waals surface area contributed by atoms with Gasteiger partial charge in [0.2, 0.25) is 0 Å². The van der Waals surface area contributed by atoms with Crippen LogP contribution < -0.4 is 0 Å². The van der Waals surface area contributed by atoms with E-state index in [0.29, 0.717) is 12.1 Å². The largest absolute Gasteiger partial charge is 0.465 e. The number of nitrogens with zero attached hydrogens (tertiary/aromatic N) is 3. The SMILES string of the molecule is COC(=O)c1cncc(CN2CCN(Cc3ccccc3F)CC2)c1. The second-order valence-electron chi connectivity index (χ2n) is 6.22. The maximum Gasteiger partial charge on any atom is 0.339 e. The molecule has 0 bridgehead atoms. The molecule has 5 nitrogen and oxygen atoms in total. The third-order valence-corrected chi connectivity index (χ3v) is 4.44. The normalized spacial score (nSPS) is 15.9. The second-order valence-corrected chi connectivity index (χ2v) is 6.22. The summed E-state index contributed by atoms with van der Waals surface area (Å²) >= 11 is 0. The Morgan fingerprint density at radius 1 is 1.12 bits per heavy atom. The van der Waals surface area contributed by atoms with Crippen molar-refractivity contribution in [3.63, 3.8) is 0 Å². The second kappa shape index (κ2) is 8.18. The number of aromatic nitrogens is 1. The van der Waals surface area contributed by atoms with E-state index in [1.165, 1.54) is 19.4 Å². The van der Waals surface area contributed by atoms with Crippen LogP contribution in [0.25, 0.3) is 0 Å². The molecule has 0 saturated carbocycles. The lowest BCUT2D eigenvalue weighted by Gasteiger charge is -2.34. The molecule has 25 heavy (non-hydrogen) atoms. The standard InChI is InChI=1S/C19H22FN3O2/c1-25-19(24)17-10-15(11-21-12-17)13-22-6-8-23(9-7-22)14-16-4-2-3-5-18(16)20/h2-5,10-12H,6-9,13-14H2,1H3. The lowest BCUT2D eigenvalue weighted by molar-refractivity contribution is 0.0600. The van der Waals surface area contributed by atoms with Gasteiger partial charge in [-0.1, -0.05) is 18.2 Å². The number of hydrogen-bond acceptors (Lipinski definition) is 5. The summed E-state index contributed by atoms with van der Waals surface area (Å²) in [6, 6.07) is 8.76. The van der Waals surface area contributed by atoms with Crippen molar-refractivity contribution in [2.75, 3.05) is 33.3 Å². The zero-order valence-corrected chi connectivity index (χ0v) is 14.3. The van der Waals surface area contributed by atoms with Crippen LogP contribution in [0.5, 0.6) is 0 Å². The zero-order chi connectivity index (χ0) is 17.6. The number of halogens is 1. The van der Waals surface area contributed by atoms with Crippen LogP contribution in [-0.2, 0) is 17.8 Å². The van der Waals surface area contributed by atoms with Crippen LogP contribution in [0, 0.1) is 5.82 Å². The third-order valence-electron chi connectivity index (χ3n) is 4.44. The van der Waals surface area contributed by atoms with Crippen LogP contribution in [0.3, 0.4) is 0 Å². The quantitative estimate of drug-likeness (QED) is 0.780. The lowest BCUT2D eigenvalue weighted by atomic mass is 10.1. The number of rotatable bonds is 5. The highest BCUT2D eigenvalue weighted by atomic mass is 19.1. The molecule has 0 amide bonds. The molecule has 1 aliphatic heterocycles. The molecule has 3 rings (SSSR count). The van der Waals surface area contributed by atoms with Gasteiger partial charge >= 0.3 is 5.97 Å². The number of benzene rings is 1. The van der Waals surface area contributed by atoms with E-state index in [0.717, 1.165) is 43.9 Å². The molecule has 1 aliphatic rings. The number of esters is 1. The fourth-order valence-corrected chi connectivity index (χ4v) is 3.03. The molecular formula is C19H22FN3O2. The number of pyridine rings is 1. The van der Waals surface area contributed by atoms with Crippen LogP contribution in [0.2, 0.25) is 0 Å². The predicted molar refractivity (Wildman–Crippen MR) is 92.5 cm³/mol. The van der Waals surface area contributed by atoms with Gasteiger partial charge in [-0.3, -0.25) is 14.8 Å². The monoisotopic (exact) mass is 343 g/mol. The van der Waals surface area contributed by atoms with Crippen molar-refractivity contribution in [3.8, 4) is 0 Å². The molecule has 6 heteroatoms. The average molecular weight is 343 g/mol. The number of carbonyl (C=O) groups is 1. The van der Waals surface area contributed by atoms with Crippen molar-refractivity contribution in [2.45, 2.75) is 13.1 Å². The Morgan fingerprint density at radius 2 is 1.80 bits per heavy atom. The van der Waals surface area contributed by atoms with Gasteiger partial charge in [-0.25, -0.2) is 9.18 Å². The van der Waals surface area contributed by atoms with Crippen molar-refractivity contribution >= 4 is 5.97 Å². The van der Waals surface area contributed by atoms with Gasteiger partial charge in [0.15, 0.2) is 0 Å². The van der Waals surface area contributed by atoms with Crippen LogP contribution >= 0.6 is 0 Å². The van der Waals surface area contributed by atoms with Gasteiger partial charge in [0, 0.05) is 57.2 Å². The summed E-state index contributed by atoms with van der Waals surface area (Å²) in [5, 5.41) is 0. The molecule has 1 saturated heterocycles. The fourth-order valence-electron chi connectivity index (χ4n) is 3.03. The zero-order valence-electron chi connectivity index (χ0n) is 14.3. The Morgan fingerprint density at radius 3 is 2.48 bits per heavy atom. The molecule has 132 valence electrons. The first kappa shape index (κ1) is 17.5. The van der Waals surface area contributed by atoms with E-state index in [9.17, 15) is 9.18 Å². The van der Waals surface area contributed by atoms with Gasteiger partial charge in [-0.05, 0) is 17.7 Å². The van der Waals surface area contributed by atoms with E-state index >= 15 is 0 Å². The minimum Gasteiger partial charge on any atom is -0.465 e. The maximum atomic E-state index is 13.8. The molecule has 1 aromatic carbocycles. The molecule has 0 aliphatic carbocycles. The van der Waals surface area contributed by atoms with Gasteiger partial charge in [0.25, 0.3) is 0 Å². The highest BCUT2D eigenvalue weighted by Crippen LogP contribution is 2.14. The summed E-state index contributed by atoms with van der Waals surface area (Å²) in [7, 11) is 1.36. The smallest absolute Gasteiger partial charge is 0.339 e. The summed E-state index contributed by atoms with van der Waals surface area (Å²) in [5.41, 5.74) is 2.20. The number of hydrogen-bond donors (Lipinski definition) is 0. The summed E-state index contributed by atoms with van der Waals surface area (Å²) < 4.78 is 18.5. The maximum absolute atomic E-state index is 13.8. The average Bonchev–Trinajstić information content (AvgIpc) is 2.65. The molecule has 1 fully saturated rings. The van der Waals surface area contributed by atoms with Crippen molar-refractivity contribution in [3.05, 3.63) is 65.2 Å². The molecule has 0 radical (unpaired) electrons. The first-order valence-electron chi connectivity index (χ1n) is 8.36. The fraction of sp³-hybridized carbons (Fsp3) is 0.368. The number of methoxy groups -OCH3 is 1. The van der Waals surface area contributed by atoms with Gasteiger partial charge in [0.1, 0.15) is 5.82 Å².